The molecule has 0 saturated heterocycles. The van der Waals surface area contributed by atoms with E-state index in [0.717, 1.165) is 6.26 Å². The smallest absolute Gasteiger partial charge is 0.339 e. The molecule has 1 rings (SSSR count). The number of carbonyl (C=O) groups excluding carboxylic acids is 2. The van der Waals surface area contributed by atoms with Crippen molar-refractivity contribution in [2.75, 3.05) is 18.7 Å². The standard InChI is InChI=1S/C15H17NO5S/c1-4-5-6-7-14(17)16-13-10-11(22(3,19)20)8-9-12(13)15(18)21-2/h1,8-10H,5-7H2,2-3H3,(H,16,17). The van der Waals surface area contributed by atoms with Crippen LogP contribution in [0.15, 0.2) is 23.1 Å². The number of ether oxygens (including phenoxy) is 1. The quantitative estimate of drug-likeness (QED) is 0.488. The van der Waals surface area contributed by atoms with Crippen LogP contribution in [0.25, 0.3) is 0 Å². The van der Waals surface area contributed by atoms with Gasteiger partial charge in [-0.25, -0.2) is 13.2 Å². The summed E-state index contributed by atoms with van der Waals surface area (Å²) in [5, 5.41) is 2.52. The predicted octanol–water partition coefficient (Wildman–Crippen LogP) is 1.62. The number of amides is 1. The van der Waals surface area contributed by atoms with Crippen LogP contribution in [-0.4, -0.2) is 33.7 Å². The van der Waals surface area contributed by atoms with E-state index in [1.807, 2.05) is 0 Å². The summed E-state index contributed by atoms with van der Waals surface area (Å²) in [6.45, 7) is 0. The number of carbonyl (C=O) groups is 2. The van der Waals surface area contributed by atoms with E-state index in [9.17, 15) is 18.0 Å². The third kappa shape index (κ3) is 4.90. The summed E-state index contributed by atoms with van der Waals surface area (Å²) < 4.78 is 27.8. The average molecular weight is 323 g/mol. The molecule has 0 aromatic heterocycles. The van der Waals surface area contributed by atoms with Gasteiger partial charge in [0, 0.05) is 19.1 Å². The Balaban J connectivity index is 3.10. The number of nitrogens with one attached hydrogen (secondary N) is 1. The minimum absolute atomic E-state index is 0.000854. The molecule has 1 aromatic rings. The maximum absolute atomic E-state index is 11.8. The fourth-order valence-electron chi connectivity index (χ4n) is 1.71. The highest BCUT2D eigenvalue weighted by atomic mass is 32.2. The molecule has 22 heavy (non-hydrogen) atoms. The summed E-state index contributed by atoms with van der Waals surface area (Å²) in [7, 11) is -2.26. The largest absolute Gasteiger partial charge is 0.465 e. The first-order valence-electron chi connectivity index (χ1n) is 6.45. The molecule has 1 aromatic carbocycles. The third-order valence-corrected chi connectivity index (χ3v) is 3.93. The van der Waals surface area contributed by atoms with E-state index in [1.165, 1.54) is 25.3 Å². The summed E-state index contributed by atoms with van der Waals surface area (Å²) >= 11 is 0. The highest BCUT2D eigenvalue weighted by Crippen LogP contribution is 2.22. The number of benzene rings is 1. The van der Waals surface area contributed by atoms with Crippen LogP contribution < -0.4 is 5.32 Å². The third-order valence-electron chi connectivity index (χ3n) is 2.82. The molecule has 1 N–H and O–H groups in total. The fourth-order valence-corrected chi connectivity index (χ4v) is 2.36. The maximum atomic E-state index is 11.8. The lowest BCUT2D eigenvalue weighted by Gasteiger charge is -2.11. The number of sulfone groups is 1. The second kappa shape index (κ2) is 7.61. The van der Waals surface area contributed by atoms with Crippen molar-refractivity contribution < 1.29 is 22.7 Å². The van der Waals surface area contributed by atoms with Crippen LogP contribution in [0.2, 0.25) is 0 Å². The molecule has 0 heterocycles. The highest BCUT2D eigenvalue weighted by molar-refractivity contribution is 7.90. The lowest BCUT2D eigenvalue weighted by molar-refractivity contribution is -0.116. The normalized spacial score (nSPS) is 10.6. The topological polar surface area (TPSA) is 89.5 Å². The maximum Gasteiger partial charge on any atom is 0.339 e. The van der Waals surface area contributed by atoms with Crippen LogP contribution >= 0.6 is 0 Å². The molecule has 0 aliphatic carbocycles. The van der Waals surface area contributed by atoms with Gasteiger partial charge in [0.1, 0.15) is 0 Å². The van der Waals surface area contributed by atoms with E-state index < -0.39 is 15.8 Å². The lowest BCUT2D eigenvalue weighted by atomic mass is 10.1. The minimum Gasteiger partial charge on any atom is -0.465 e. The Bertz CT molecular complexity index is 716. The molecule has 0 aliphatic rings. The van der Waals surface area contributed by atoms with Crippen molar-refractivity contribution >= 4 is 27.4 Å². The fraction of sp³-hybridized carbons (Fsp3) is 0.333. The molecule has 0 saturated carbocycles. The van der Waals surface area contributed by atoms with Crippen molar-refractivity contribution in [2.24, 2.45) is 0 Å². The number of hydrogen-bond donors (Lipinski definition) is 1. The number of esters is 1. The van der Waals surface area contributed by atoms with E-state index in [0.29, 0.717) is 12.8 Å². The van der Waals surface area contributed by atoms with E-state index in [-0.39, 0.29) is 28.5 Å². The number of unbranched alkanes of at least 4 members (excludes halogenated alkanes) is 1. The van der Waals surface area contributed by atoms with Crippen LogP contribution in [0, 0.1) is 12.3 Å². The highest BCUT2D eigenvalue weighted by Gasteiger charge is 2.17. The summed E-state index contributed by atoms with van der Waals surface area (Å²) in [6, 6.07) is 3.83. The van der Waals surface area contributed by atoms with E-state index >= 15 is 0 Å². The van der Waals surface area contributed by atoms with Gasteiger partial charge < -0.3 is 10.1 Å². The van der Waals surface area contributed by atoms with Crippen molar-refractivity contribution in [2.45, 2.75) is 24.2 Å². The molecular formula is C15H17NO5S. The monoisotopic (exact) mass is 323 g/mol. The molecular weight excluding hydrogens is 306 g/mol. The first kappa shape index (κ1) is 17.7. The zero-order valence-corrected chi connectivity index (χ0v) is 13.2. The van der Waals surface area contributed by atoms with Gasteiger partial charge in [-0.3, -0.25) is 4.79 Å². The van der Waals surface area contributed by atoms with Crippen LogP contribution in [0.5, 0.6) is 0 Å². The second-order valence-corrected chi connectivity index (χ2v) is 6.59. The Labute approximate surface area is 129 Å². The molecule has 0 fully saturated rings. The Morgan fingerprint density at radius 3 is 2.59 bits per heavy atom. The minimum atomic E-state index is -3.46. The van der Waals surface area contributed by atoms with E-state index in [2.05, 4.69) is 16.0 Å². The molecule has 118 valence electrons. The number of anilines is 1. The summed E-state index contributed by atoms with van der Waals surface area (Å²) in [6.07, 6.45) is 7.28. The molecule has 0 atom stereocenters. The Kier molecular flexibility index (Phi) is 6.13. The van der Waals surface area contributed by atoms with Crippen LogP contribution in [-0.2, 0) is 19.4 Å². The molecule has 0 unspecified atom stereocenters. The zero-order valence-electron chi connectivity index (χ0n) is 12.4. The van der Waals surface area contributed by atoms with Crippen LogP contribution in [0.1, 0.15) is 29.6 Å². The molecule has 1 amide bonds. The SMILES string of the molecule is C#CCCCC(=O)Nc1cc(S(C)(=O)=O)ccc1C(=O)OC. The van der Waals surface area contributed by atoms with Gasteiger partial charge in [0.25, 0.3) is 0 Å². The van der Waals surface area contributed by atoms with Gasteiger partial charge in [0.15, 0.2) is 9.84 Å². The van der Waals surface area contributed by atoms with Crippen molar-refractivity contribution in [1.29, 1.82) is 0 Å². The van der Waals surface area contributed by atoms with Gasteiger partial charge in [-0.15, -0.1) is 12.3 Å². The summed E-state index contributed by atoms with van der Waals surface area (Å²) in [4.78, 5) is 23.5. The van der Waals surface area contributed by atoms with Gasteiger partial charge in [-0.2, -0.15) is 0 Å². The van der Waals surface area contributed by atoms with E-state index in [4.69, 9.17) is 6.42 Å². The van der Waals surface area contributed by atoms with Crippen LogP contribution in [0.4, 0.5) is 5.69 Å². The molecule has 0 spiro atoms. The number of methoxy groups -OCH3 is 1. The first-order valence-corrected chi connectivity index (χ1v) is 8.34. The molecule has 0 aliphatic heterocycles. The van der Waals surface area contributed by atoms with Crippen molar-refractivity contribution in [1.82, 2.24) is 0 Å². The van der Waals surface area contributed by atoms with Crippen molar-refractivity contribution in [3.05, 3.63) is 23.8 Å². The van der Waals surface area contributed by atoms with Gasteiger partial charge in [-0.1, -0.05) is 0 Å². The van der Waals surface area contributed by atoms with Gasteiger partial charge >= 0.3 is 5.97 Å². The molecule has 7 heteroatoms. The number of terminal acetylenes is 1. The van der Waals surface area contributed by atoms with Gasteiger partial charge in [0.05, 0.1) is 23.3 Å². The Morgan fingerprint density at radius 1 is 1.36 bits per heavy atom. The molecule has 0 radical (unpaired) electrons. The molecule has 6 nitrogen and oxygen atoms in total. The van der Waals surface area contributed by atoms with Crippen LogP contribution in [0.3, 0.4) is 0 Å². The first-order chi connectivity index (χ1) is 10.3. The van der Waals surface area contributed by atoms with Crippen molar-refractivity contribution in [3.8, 4) is 12.3 Å². The Morgan fingerprint density at radius 2 is 2.05 bits per heavy atom. The van der Waals surface area contributed by atoms with Gasteiger partial charge in [0.2, 0.25) is 5.91 Å². The van der Waals surface area contributed by atoms with E-state index in [1.54, 1.807) is 0 Å². The van der Waals surface area contributed by atoms with Gasteiger partial charge in [-0.05, 0) is 24.6 Å². The summed E-state index contributed by atoms with van der Waals surface area (Å²) in [5.41, 5.74) is 0.181. The average Bonchev–Trinajstić information content (AvgIpc) is 2.45. The summed E-state index contributed by atoms with van der Waals surface area (Å²) in [5.74, 6) is 1.40. The second-order valence-electron chi connectivity index (χ2n) is 4.58. The zero-order chi connectivity index (χ0) is 16.8. The van der Waals surface area contributed by atoms with Crippen molar-refractivity contribution in [3.63, 3.8) is 0 Å². The Hall–Kier alpha value is -2.33. The molecule has 0 bridgehead atoms. The lowest BCUT2D eigenvalue weighted by Crippen LogP contribution is -2.15. The predicted molar refractivity (Wildman–Crippen MR) is 82.2 cm³/mol. The number of hydrogen-bond acceptors (Lipinski definition) is 5. The number of rotatable bonds is 6.